The quantitative estimate of drug-likeness (QED) is 0.696. The highest BCUT2D eigenvalue weighted by atomic mass is 32.2. The lowest BCUT2D eigenvalue weighted by Crippen LogP contribution is -2.41. The molecule has 0 aliphatic rings. The number of nitrogens with one attached hydrogen (secondary N) is 1. The largest absolute Gasteiger partial charge is 0.480 e. The molecule has 1 unspecified atom stereocenters. The van der Waals surface area contributed by atoms with Crippen molar-refractivity contribution in [3.05, 3.63) is 18.0 Å². The summed E-state index contributed by atoms with van der Waals surface area (Å²) in [4.78, 5) is 22.7. The molecule has 0 bridgehead atoms. The number of sulfone groups is 1. The number of hydrogen-bond donors (Lipinski definition) is 2. The van der Waals surface area contributed by atoms with E-state index >= 15 is 0 Å². The van der Waals surface area contributed by atoms with Crippen molar-refractivity contribution in [3.63, 3.8) is 0 Å². The molecule has 0 aromatic carbocycles. The molecule has 1 atom stereocenters. The maximum Gasteiger partial charge on any atom is 0.326 e. The lowest BCUT2D eigenvalue weighted by atomic mass is 10.2. The number of amides is 1. The minimum absolute atomic E-state index is 0.180. The number of aromatic nitrogens is 2. The van der Waals surface area contributed by atoms with Crippen molar-refractivity contribution < 1.29 is 23.1 Å². The van der Waals surface area contributed by atoms with Gasteiger partial charge in [0.05, 0.1) is 17.5 Å². The van der Waals surface area contributed by atoms with Gasteiger partial charge in [0.15, 0.2) is 0 Å². The summed E-state index contributed by atoms with van der Waals surface area (Å²) in [5, 5.41) is 15.0. The van der Waals surface area contributed by atoms with Crippen LogP contribution in [0.1, 0.15) is 16.8 Å². The second kappa shape index (κ2) is 5.83. The Morgan fingerprint density at radius 1 is 1.53 bits per heavy atom. The monoisotopic (exact) mass is 289 g/mol. The first-order valence-electron chi connectivity index (χ1n) is 5.39. The molecule has 19 heavy (non-hydrogen) atoms. The standard InChI is InChI=1S/C10H15N3O5S/c1-13-6-7(5-11-13)9(14)12-8(10(15)16)3-4-19(2,17)18/h5-6,8H,3-4H2,1-2H3,(H,12,14)(H,15,16). The van der Waals surface area contributed by atoms with Gasteiger partial charge in [0.2, 0.25) is 0 Å². The third kappa shape index (κ3) is 5.08. The summed E-state index contributed by atoms with van der Waals surface area (Å²) in [6, 6.07) is -1.25. The third-order valence-corrected chi connectivity index (χ3v) is 3.33. The average Bonchev–Trinajstić information content (AvgIpc) is 2.69. The number of hydrogen-bond acceptors (Lipinski definition) is 5. The van der Waals surface area contributed by atoms with Gasteiger partial charge in [-0.15, -0.1) is 0 Å². The molecule has 1 rings (SSSR count). The smallest absolute Gasteiger partial charge is 0.326 e. The van der Waals surface area contributed by atoms with E-state index in [0.29, 0.717) is 0 Å². The average molecular weight is 289 g/mol. The SMILES string of the molecule is Cn1cc(C(=O)NC(CCS(C)(=O)=O)C(=O)O)cn1. The highest BCUT2D eigenvalue weighted by molar-refractivity contribution is 7.90. The van der Waals surface area contributed by atoms with Crippen LogP contribution >= 0.6 is 0 Å². The minimum atomic E-state index is -3.28. The van der Waals surface area contributed by atoms with Gasteiger partial charge in [-0.05, 0) is 6.42 Å². The van der Waals surface area contributed by atoms with Crippen molar-refractivity contribution in [2.24, 2.45) is 7.05 Å². The third-order valence-electron chi connectivity index (χ3n) is 2.35. The van der Waals surface area contributed by atoms with Crippen molar-refractivity contribution in [1.29, 1.82) is 0 Å². The van der Waals surface area contributed by atoms with Crippen LogP contribution in [0.3, 0.4) is 0 Å². The number of aryl methyl sites for hydroxylation is 1. The molecule has 0 spiro atoms. The van der Waals surface area contributed by atoms with Gasteiger partial charge in [-0.25, -0.2) is 13.2 Å². The summed E-state index contributed by atoms with van der Waals surface area (Å²) in [6.07, 6.45) is 3.56. The Morgan fingerprint density at radius 3 is 2.58 bits per heavy atom. The Kier molecular flexibility index (Phi) is 4.65. The van der Waals surface area contributed by atoms with Gasteiger partial charge >= 0.3 is 5.97 Å². The van der Waals surface area contributed by atoms with E-state index < -0.39 is 27.8 Å². The van der Waals surface area contributed by atoms with E-state index in [1.807, 2.05) is 0 Å². The summed E-state index contributed by atoms with van der Waals surface area (Å²) in [5.74, 6) is -2.19. The van der Waals surface area contributed by atoms with Crippen LogP contribution in [0, 0.1) is 0 Å². The summed E-state index contributed by atoms with van der Waals surface area (Å²) in [7, 11) is -1.66. The number of aliphatic carboxylic acids is 1. The van der Waals surface area contributed by atoms with Crippen molar-refractivity contribution in [3.8, 4) is 0 Å². The molecule has 0 fully saturated rings. The molecule has 0 radical (unpaired) electrons. The molecule has 0 aliphatic carbocycles. The normalized spacial score (nSPS) is 12.9. The first-order chi connectivity index (χ1) is 8.69. The van der Waals surface area contributed by atoms with Crippen molar-refractivity contribution in [2.75, 3.05) is 12.0 Å². The Hall–Kier alpha value is -1.90. The first-order valence-corrected chi connectivity index (χ1v) is 7.45. The molecule has 1 aromatic heterocycles. The second-order valence-corrected chi connectivity index (χ2v) is 6.45. The summed E-state index contributed by atoms with van der Waals surface area (Å²) in [6.45, 7) is 0. The van der Waals surface area contributed by atoms with E-state index in [-0.39, 0.29) is 17.7 Å². The zero-order valence-corrected chi connectivity index (χ0v) is 11.3. The van der Waals surface area contributed by atoms with E-state index in [1.54, 1.807) is 7.05 Å². The second-order valence-electron chi connectivity index (χ2n) is 4.19. The Balaban J connectivity index is 2.68. The van der Waals surface area contributed by atoms with Crippen LogP contribution in [0.15, 0.2) is 12.4 Å². The van der Waals surface area contributed by atoms with Gasteiger partial charge in [0, 0.05) is 19.5 Å². The van der Waals surface area contributed by atoms with E-state index in [1.165, 1.54) is 17.1 Å². The molecule has 8 nitrogen and oxygen atoms in total. The minimum Gasteiger partial charge on any atom is -0.480 e. The number of carbonyl (C=O) groups excluding carboxylic acids is 1. The number of carbonyl (C=O) groups is 2. The summed E-state index contributed by atoms with van der Waals surface area (Å²) in [5.41, 5.74) is 0.216. The molecule has 1 aromatic rings. The maximum absolute atomic E-state index is 11.7. The predicted octanol–water partition coefficient (Wildman–Crippen LogP) is -0.962. The summed E-state index contributed by atoms with van der Waals surface area (Å²) >= 11 is 0. The van der Waals surface area contributed by atoms with Crippen LogP contribution in [0.2, 0.25) is 0 Å². The van der Waals surface area contributed by atoms with Crippen LogP contribution < -0.4 is 5.32 Å². The van der Waals surface area contributed by atoms with Crippen LogP contribution in [0.4, 0.5) is 0 Å². The zero-order valence-electron chi connectivity index (χ0n) is 10.5. The maximum atomic E-state index is 11.7. The van der Waals surface area contributed by atoms with Crippen molar-refractivity contribution >= 4 is 21.7 Å². The Labute approximate surface area is 110 Å². The number of rotatable bonds is 6. The lowest BCUT2D eigenvalue weighted by molar-refractivity contribution is -0.139. The topological polar surface area (TPSA) is 118 Å². The van der Waals surface area contributed by atoms with Gasteiger partial charge in [0.1, 0.15) is 15.9 Å². The van der Waals surface area contributed by atoms with E-state index in [9.17, 15) is 18.0 Å². The molecule has 1 heterocycles. The van der Waals surface area contributed by atoms with E-state index in [0.717, 1.165) is 6.26 Å². The highest BCUT2D eigenvalue weighted by Crippen LogP contribution is 2.01. The predicted molar refractivity (Wildman–Crippen MR) is 66.4 cm³/mol. The van der Waals surface area contributed by atoms with Gasteiger partial charge in [-0.3, -0.25) is 9.48 Å². The number of carboxylic acids is 1. The lowest BCUT2D eigenvalue weighted by Gasteiger charge is -2.13. The van der Waals surface area contributed by atoms with Crippen molar-refractivity contribution in [1.82, 2.24) is 15.1 Å². The molecule has 0 saturated heterocycles. The van der Waals surface area contributed by atoms with E-state index in [4.69, 9.17) is 5.11 Å². The highest BCUT2D eigenvalue weighted by Gasteiger charge is 2.22. The molecule has 1 amide bonds. The van der Waals surface area contributed by atoms with Crippen LogP contribution in [0.25, 0.3) is 0 Å². The zero-order chi connectivity index (χ0) is 14.6. The number of carboxylic acid groups (broad SMARTS) is 1. The first kappa shape index (κ1) is 15.2. The molecule has 106 valence electrons. The van der Waals surface area contributed by atoms with Gasteiger partial charge < -0.3 is 10.4 Å². The van der Waals surface area contributed by atoms with Crippen LogP contribution in [0.5, 0.6) is 0 Å². The van der Waals surface area contributed by atoms with Crippen LogP contribution in [-0.4, -0.2) is 53.2 Å². The molecule has 2 N–H and O–H groups in total. The Morgan fingerprint density at radius 2 is 2.16 bits per heavy atom. The molecular weight excluding hydrogens is 274 g/mol. The van der Waals surface area contributed by atoms with Gasteiger partial charge in [-0.2, -0.15) is 5.10 Å². The van der Waals surface area contributed by atoms with Crippen molar-refractivity contribution in [2.45, 2.75) is 12.5 Å². The van der Waals surface area contributed by atoms with E-state index in [2.05, 4.69) is 10.4 Å². The fourth-order valence-electron chi connectivity index (χ4n) is 1.37. The van der Waals surface area contributed by atoms with Crippen LogP contribution in [-0.2, 0) is 21.7 Å². The molecule has 9 heteroatoms. The summed E-state index contributed by atoms with van der Waals surface area (Å²) < 4.78 is 23.4. The van der Waals surface area contributed by atoms with Gasteiger partial charge in [0.25, 0.3) is 5.91 Å². The fourth-order valence-corrected chi connectivity index (χ4v) is 2.03. The molecular formula is C10H15N3O5S. The fraction of sp³-hybridized carbons (Fsp3) is 0.500. The molecule has 0 saturated carbocycles. The molecule has 0 aliphatic heterocycles. The number of nitrogens with zero attached hydrogens (tertiary/aromatic N) is 2. The Bertz CT molecular complexity index is 578. The van der Waals surface area contributed by atoms with Gasteiger partial charge in [-0.1, -0.05) is 0 Å².